The van der Waals surface area contributed by atoms with Crippen LogP contribution in [0.2, 0.25) is 0 Å². The molecule has 1 aromatic carbocycles. The molecule has 1 heterocycles. The Morgan fingerprint density at radius 3 is 2.52 bits per heavy atom. The van der Waals surface area contributed by atoms with E-state index in [4.69, 9.17) is 11.6 Å². The molecule has 0 amide bonds. The first-order valence-electron chi connectivity index (χ1n) is 6.99. The van der Waals surface area contributed by atoms with Crippen molar-refractivity contribution in [2.24, 2.45) is 0 Å². The molecule has 0 aliphatic carbocycles. The van der Waals surface area contributed by atoms with E-state index in [1.165, 1.54) is 6.26 Å². The highest BCUT2D eigenvalue weighted by molar-refractivity contribution is 7.91. The first-order chi connectivity index (χ1) is 9.72. The van der Waals surface area contributed by atoms with Crippen molar-refractivity contribution in [1.82, 2.24) is 9.55 Å². The Labute approximate surface area is 131 Å². The van der Waals surface area contributed by atoms with Crippen molar-refractivity contribution in [3.63, 3.8) is 0 Å². The van der Waals surface area contributed by atoms with E-state index in [1.807, 2.05) is 6.07 Å². The van der Waals surface area contributed by atoms with Gasteiger partial charge in [0.15, 0.2) is 9.84 Å². The van der Waals surface area contributed by atoms with Gasteiger partial charge < -0.3 is 4.57 Å². The van der Waals surface area contributed by atoms with Gasteiger partial charge in [-0.05, 0) is 32.4 Å². The Hall–Kier alpha value is -1.07. The van der Waals surface area contributed by atoms with E-state index in [0.717, 1.165) is 17.8 Å². The molecule has 21 heavy (non-hydrogen) atoms. The third-order valence-corrected chi connectivity index (χ3v) is 5.22. The highest BCUT2D eigenvalue weighted by atomic mass is 35.5. The van der Waals surface area contributed by atoms with E-state index in [9.17, 15) is 8.42 Å². The van der Waals surface area contributed by atoms with Gasteiger partial charge in [-0.1, -0.05) is 13.0 Å². The highest BCUT2D eigenvalue weighted by Crippen LogP contribution is 2.31. The molecule has 0 saturated carbocycles. The van der Waals surface area contributed by atoms with Crippen molar-refractivity contribution in [3.8, 4) is 0 Å². The number of nitrogens with zero attached hydrogens (tertiary/aromatic N) is 2. The van der Waals surface area contributed by atoms with Crippen LogP contribution in [0, 0.1) is 0 Å². The third kappa shape index (κ3) is 2.94. The summed E-state index contributed by atoms with van der Waals surface area (Å²) in [5, 5.41) is 0. The number of aromatic nitrogens is 2. The molecular formula is C15H21ClN2O2S. The predicted molar refractivity (Wildman–Crippen MR) is 86.9 cm³/mol. The molecule has 4 nitrogen and oxygen atoms in total. The molecule has 0 aliphatic rings. The Kier molecular flexibility index (Phi) is 4.36. The van der Waals surface area contributed by atoms with Crippen LogP contribution in [0.5, 0.6) is 0 Å². The topological polar surface area (TPSA) is 52.0 Å². The summed E-state index contributed by atoms with van der Waals surface area (Å²) in [6.45, 7) is 6.36. The maximum Gasteiger partial charge on any atom is 0.177 e. The van der Waals surface area contributed by atoms with Crippen molar-refractivity contribution in [2.75, 3.05) is 12.1 Å². The zero-order valence-corrected chi connectivity index (χ0v) is 14.4. The van der Waals surface area contributed by atoms with Crippen molar-refractivity contribution >= 4 is 32.5 Å². The van der Waals surface area contributed by atoms with Crippen LogP contribution in [0.15, 0.2) is 23.1 Å². The van der Waals surface area contributed by atoms with Crippen LogP contribution < -0.4 is 0 Å². The quantitative estimate of drug-likeness (QED) is 0.791. The third-order valence-electron chi connectivity index (χ3n) is 3.91. The van der Waals surface area contributed by atoms with Gasteiger partial charge in [0.1, 0.15) is 11.3 Å². The largest absolute Gasteiger partial charge is 0.322 e. The van der Waals surface area contributed by atoms with Crippen molar-refractivity contribution in [1.29, 1.82) is 0 Å². The second kappa shape index (κ2) is 5.61. The maximum absolute atomic E-state index is 12.0. The number of fused-ring (bicyclic) bond motifs is 1. The lowest BCUT2D eigenvalue weighted by atomic mass is 10.0. The summed E-state index contributed by atoms with van der Waals surface area (Å²) in [5.41, 5.74) is 1.25. The molecule has 0 saturated heterocycles. The fourth-order valence-corrected chi connectivity index (χ4v) is 3.50. The summed E-state index contributed by atoms with van der Waals surface area (Å²) < 4.78 is 26.1. The number of aryl methyl sites for hydroxylation is 1. The molecule has 0 spiro atoms. The number of rotatable bonds is 5. The van der Waals surface area contributed by atoms with Crippen molar-refractivity contribution in [3.05, 3.63) is 24.0 Å². The predicted octanol–water partition coefficient (Wildman–Crippen LogP) is 3.37. The Balaban J connectivity index is 2.87. The number of sulfone groups is 1. The van der Waals surface area contributed by atoms with E-state index in [2.05, 4.69) is 30.3 Å². The van der Waals surface area contributed by atoms with Crippen LogP contribution in [0.1, 0.15) is 33.0 Å². The maximum atomic E-state index is 12.0. The number of hydrogen-bond acceptors (Lipinski definition) is 3. The average molecular weight is 329 g/mol. The van der Waals surface area contributed by atoms with Gasteiger partial charge in [-0.3, -0.25) is 0 Å². The molecular weight excluding hydrogens is 308 g/mol. The molecule has 2 rings (SSSR count). The Morgan fingerprint density at radius 1 is 1.33 bits per heavy atom. The SMILES string of the molecule is CCC(C)(C)n1c(CCCl)nc2c(S(C)(=O)=O)cccc21. The summed E-state index contributed by atoms with van der Waals surface area (Å²) in [4.78, 5) is 4.86. The zero-order chi connectivity index (χ0) is 15.8. The van der Waals surface area contributed by atoms with Crippen molar-refractivity contribution < 1.29 is 8.42 Å². The van der Waals surface area contributed by atoms with Crippen LogP contribution in [0.3, 0.4) is 0 Å². The Morgan fingerprint density at radius 2 is 2.00 bits per heavy atom. The summed E-state index contributed by atoms with van der Waals surface area (Å²) >= 11 is 5.89. The smallest absolute Gasteiger partial charge is 0.177 e. The number of imidazole rings is 1. The van der Waals surface area contributed by atoms with Crippen molar-refractivity contribution in [2.45, 2.75) is 44.0 Å². The number of hydrogen-bond donors (Lipinski definition) is 0. The molecule has 0 N–H and O–H groups in total. The average Bonchev–Trinajstić information content (AvgIpc) is 2.76. The molecule has 0 aliphatic heterocycles. The zero-order valence-electron chi connectivity index (χ0n) is 12.9. The van der Waals surface area contributed by atoms with Gasteiger partial charge in [-0.2, -0.15) is 0 Å². The number of benzene rings is 1. The summed E-state index contributed by atoms with van der Waals surface area (Å²) in [7, 11) is -3.31. The van der Waals surface area contributed by atoms with Gasteiger partial charge in [0.25, 0.3) is 0 Å². The van der Waals surface area contributed by atoms with Crippen LogP contribution in [0.4, 0.5) is 0 Å². The molecule has 0 bridgehead atoms. The van der Waals surface area contributed by atoms with E-state index < -0.39 is 9.84 Å². The first-order valence-corrected chi connectivity index (χ1v) is 9.42. The van der Waals surface area contributed by atoms with Crippen LogP contribution in [-0.4, -0.2) is 30.1 Å². The standard InChI is InChI=1S/C15H21ClN2O2S/c1-5-15(2,3)18-11-7-6-8-12(21(4,19)20)14(11)17-13(18)9-10-16/h6-8H,5,9-10H2,1-4H3. The monoisotopic (exact) mass is 328 g/mol. The van der Waals surface area contributed by atoms with E-state index in [1.54, 1.807) is 12.1 Å². The van der Waals surface area contributed by atoms with E-state index in [-0.39, 0.29) is 10.4 Å². The van der Waals surface area contributed by atoms with Crippen LogP contribution >= 0.6 is 11.6 Å². The molecule has 2 aromatic rings. The molecule has 0 fully saturated rings. The minimum atomic E-state index is -3.31. The lowest BCUT2D eigenvalue weighted by molar-refractivity contribution is 0.342. The van der Waals surface area contributed by atoms with Gasteiger partial charge >= 0.3 is 0 Å². The summed E-state index contributed by atoms with van der Waals surface area (Å²) in [5.74, 6) is 1.29. The lowest BCUT2D eigenvalue weighted by Gasteiger charge is -2.28. The van der Waals surface area contributed by atoms with E-state index >= 15 is 0 Å². The Bertz CT molecular complexity index is 763. The molecule has 1 aromatic heterocycles. The summed E-state index contributed by atoms with van der Waals surface area (Å²) in [6, 6.07) is 5.30. The molecule has 0 atom stereocenters. The molecule has 116 valence electrons. The second-order valence-corrected chi connectivity index (χ2v) is 8.23. The number of halogens is 1. The first kappa shape index (κ1) is 16.3. The van der Waals surface area contributed by atoms with Gasteiger partial charge in [0.05, 0.1) is 10.4 Å². The number of para-hydroxylation sites is 1. The normalized spacial score (nSPS) is 13.0. The fourth-order valence-electron chi connectivity index (χ4n) is 2.51. The van der Waals surface area contributed by atoms with Gasteiger partial charge in [-0.25, -0.2) is 13.4 Å². The number of alkyl halides is 1. The van der Waals surface area contributed by atoms with E-state index in [0.29, 0.717) is 17.8 Å². The lowest BCUT2D eigenvalue weighted by Crippen LogP contribution is -2.27. The minimum absolute atomic E-state index is 0.147. The summed E-state index contributed by atoms with van der Waals surface area (Å²) in [6.07, 6.45) is 2.74. The molecule has 0 unspecified atom stereocenters. The highest BCUT2D eigenvalue weighted by Gasteiger charge is 2.26. The second-order valence-electron chi connectivity index (χ2n) is 5.86. The van der Waals surface area contributed by atoms with Crippen LogP contribution in [0.25, 0.3) is 11.0 Å². The molecule has 6 heteroatoms. The van der Waals surface area contributed by atoms with Crippen LogP contribution in [-0.2, 0) is 21.8 Å². The van der Waals surface area contributed by atoms with Gasteiger partial charge in [-0.15, -0.1) is 11.6 Å². The van der Waals surface area contributed by atoms with Gasteiger partial charge in [0.2, 0.25) is 0 Å². The molecule has 0 radical (unpaired) electrons. The minimum Gasteiger partial charge on any atom is -0.322 e. The van der Waals surface area contributed by atoms with Gasteiger partial charge in [0, 0.05) is 24.1 Å². The fraction of sp³-hybridized carbons (Fsp3) is 0.533.